The molecule has 112 valence electrons. The van der Waals surface area contributed by atoms with E-state index >= 15 is 0 Å². The molecule has 0 spiro atoms. The highest BCUT2D eigenvalue weighted by Gasteiger charge is 2.12. The van der Waals surface area contributed by atoms with Crippen molar-refractivity contribution < 1.29 is 0 Å². The highest BCUT2D eigenvalue weighted by molar-refractivity contribution is 5.73. The van der Waals surface area contributed by atoms with Crippen molar-refractivity contribution in [2.75, 3.05) is 5.01 Å². The molecule has 3 aromatic carbocycles. The number of anilines is 1. The van der Waals surface area contributed by atoms with E-state index in [1.165, 1.54) is 5.56 Å². The zero-order valence-electron chi connectivity index (χ0n) is 12.6. The zero-order chi connectivity index (χ0) is 15.5. The van der Waals surface area contributed by atoms with Crippen LogP contribution in [0.25, 0.3) is 11.0 Å². The van der Waals surface area contributed by atoms with E-state index in [9.17, 15) is 0 Å². The van der Waals surface area contributed by atoms with Crippen molar-refractivity contribution >= 4 is 16.7 Å². The predicted molar refractivity (Wildman–Crippen MR) is 92.0 cm³/mol. The smallest absolute Gasteiger partial charge is 0.115 e. The number of benzene rings is 3. The third kappa shape index (κ3) is 2.79. The average molecular weight is 300 g/mol. The lowest BCUT2D eigenvalue weighted by molar-refractivity contribution is 0.544. The Kier molecular flexibility index (Phi) is 3.48. The van der Waals surface area contributed by atoms with Crippen LogP contribution in [0.1, 0.15) is 5.56 Å². The summed E-state index contributed by atoms with van der Waals surface area (Å²) in [4.78, 5) is 1.69. The first-order valence-electron chi connectivity index (χ1n) is 7.59. The molecular formula is C19H16N4. The van der Waals surface area contributed by atoms with Crippen LogP contribution in [0.2, 0.25) is 0 Å². The summed E-state index contributed by atoms with van der Waals surface area (Å²) in [6.45, 7) is 0.700. The molecule has 0 unspecified atom stereocenters. The SMILES string of the molecule is c1ccc(CN(c2ccccc2)n2nc3ccccc3n2)cc1. The van der Waals surface area contributed by atoms with E-state index in [0.717, 1.165) is 16.7 Å². The quantitative estimate of drug-likeness (QED) is 0.573. The van der Waals surface area contributed by atoms with Gasteiger partial charge < -0.3 is 0 Å². The van der Waals surface area contributed by atoms with Crippen molar-refractivity contribution in [2.45, 2.75) is 6.54 Å². The van der Waals surface area contributed by atoms with Crippen LogP contribution in [0.5, 0.6) is 0 Å². The maximum Gasteiger partial charge on any atom is 0.115 e. The molecule has 0 radical (unpaired) electrons. The van der Waals surface area contributed by atoms with E-state index in [4.69, 9.17) is 0 Å². The van der Waals surface area contributed by atoms with Crippen LogP contribution in [0.4, 0.5) is 5.69 Å². The molecule has 0 aliphatic carbocycles. The van der Waals surface area contributed by atoms with Gasteiger partial charge in [-0.15, -0.1) is 10.2 Å². The Hall–Kier alpha value is -3.14. The number of fused-ring (bicyclic) bond motifs is 1. The van der Waals surface area contributed by atoms with Crippen LogP contribution in [0.15, 0.2) is 84.9 Å². The predicted octanol–water partition coefficient (Wildman–Crippen LogP) is 3.90. The molecule has 0 aliphatic rings. The normalized spacial score (nSPS) is 10.8. The Bertz CT molecular complexity index is 867. The molecule has 0 saturated heterocycles. The summed E-state index contributed by atoms with van der Waals surface area (Å²) in [5, 5.41) is 11.3. The first-order valence-corrected chi connectivity index (χ1v) is 7.59. The molecule has 4 heteroatoms. The average Bonchev–Trinajstić information content (AvgIpc) is 3.05. The molecule has 4 rings (SSSR count). The highest BCUT2D eigenvalue weighted by Crippen LogP contribution is 2.18. The van der Waals surface area contributed by atoms with Gasteiger partial charge in [0, 0.05) is 0 Å². The van der Waals surface area contributed by atoms with Gasteiger partial charge in [-0.25, -0.2) is 5.01 Å². The Morgan fingerprint density at radius 1 is 0.652 bits per heavy atom. The number of rotatable bonds is 4. The summed E-state index contributed by atoms with van der Waals surface area (Å²) < 4.78 is 0. The number of para-hydroxylation sites is 1. The Balaban J connectivity index is 1.78. The van der Waals surface area contributed by atoms with Crippen molar-refractivity contribution in [1.82, 2.24) is 15.1 Å². The fourth-order valence-electron chi connectivity index (χ4n) is 2.57. The van der Waals surface area contributed by atoms with Crippen LogP contribution < -0.4 is 5.01 Å². The van der Waals surface area contributed by atoms with E-state index in [1.807, 2.05) is 60.7 Å². The standard InChI is InChI=1S/C19H16N4/c1-3-9-16(10-4-1)15-22(17-11-5-2-6-12-17)23-20-18-13-7-8-14-19(18)21-23/h1-14H,15H2. The van der Waals surface area contributed by atoms with Crippen LogP contribution >= 0.6 is 0 Å². The van der Waals surface area contributed by atoms with Crippen molar-refractivity contribution in [1.29, 1.82) is 0 Å². The van der Waals surface area contributed by atoms with Gasteiger partial charge in [-0.3, -0.25) is 0 Å². The van der Waals surface area contributed by atoms with Gasteiger partial charge in [0.25, 0.3) is 0 Å². The topological polar surface area (TPSA) is 34.0 Å². The molecule has 0 atom stereocenters. The lowest BCUT2D eigenvalue weighted by Gasteiger charge is -2.22. The Morgan fingerprint density at radius 3 is 1.78 bits per heavy atom. The van der Waals surface area contributed by atoms with Gasteiger partial charge >= 0.3 is 0 Å². The van der Waals surface area contributed by atoms with Crippen LogP contribution in [-0.2, 0) is 6.54 Å². The maximum absolute atomic E-state index is 4.62. The summed E-state index contributed by atoms with van der Waals surface area (Å²) in [6, 6.07) is 28.4. The number of aromatic nitrogens is 3. The second kappa shape index (κ2) is 5.93. The fourth-order valence-corrected chi connectivity index (χ4v) is 2.57. The summed E-state index contributed by atoms with van der Waals surface area (Å²) in [5.74, 6) is 0. The van der Waals surface area contributed by atoms with Gasteiger partial charge in [-0.05, 0) is 29.8 Å². The number of hydrogen-bond acceptors (Lipinski definition) is 3. The Morgan fingerprint density at radius 2 is 1.17 bits per heavy atom. The summed E-state index contributed by atoms with van der Waals surface area (Å²) >= 11 is 0. The third-order valence-electron chi connectivity index (χ3n) is 3.72. The molecule has 1 aromatic heterocycles. The van der Waals surface area contributed by atoms with Gasteiger partial charge in [-0.1, -0.05) is 65.6 Å². The van der Waals surface area contributed by atoms with E-state index in [-0.39, 0.29) is 0 Å². The van der Waals surface area contributed by atoms with Crippen molar-refractivity contribution in [3.05, 3.63) is 90.5 Å². The highest BCUT2D eigenvalue weighted by atomic mass is 15.8. The van der Waals surface area contributed by atoms with Crippen LogP contribution in [-0.4, -0.2) is 15.1 Å². The van der Waals surface area contributed by atoms with Gasteiger partial charge in [0.15, 0.2) is 0 Å². The van der Waals surface area contributed by atoms with E-state index in [2.05, 4.69) is 39.5 Å². The van der Waals surface area contributed by atoms with Crippen molar-refractivity contribution in [3.63, 3.8) is 0 Å². The number of nitrogens with zero attached hydrogens (tertiary/aromatic N) is 4. The molecule has 1 heterocycles. The zero-order valence-corrected chi connectivity index (χ0v) is 12.6. The lowest BCUT2D eigenvalue weighted by Crippen LogP contribution is -2.31. The molecule has 0 bridgehead atoms. The second-order valence-corrected chi connectivity index (χ2v) is 5.34. The molecule has 23 heavy (non-hydrogen) atoms. The monoisotopic (exact) mass is 300 g/mol. The maximum atomic E-state index is 4.62. The largest absolute Gasteiger partial charge is 0.244 e. The van der Waals surface area contributed by atoms with Gasteiger partial charge in [-0.2, -0.15) is 0 Å². The summed E-state index contributed by atoms with van der Waals surface area (Å²) in [5.41, 5.74) is 4.04. The number of hydrogen-bond donors (Lipinski definition) is 0. The van der Waals surface area contributed by atoms with Crippen molar-refractivity contribution in [3.8, 4) is 0 Å². The first-order chi connectivity index (χ1) is 11.4. The summed E-state index contributed by atoms with van der Waals surface area (Å²) in [6.07, 6.45) is 0. The van der Waals surface area contributed by atoms with Crippen molar-refractivity contribution in [2.24, 2.45) is 0 Å². The third-order valence-corrected chi connectivity index (χ3v) is 3.72. The second-order valence-electron chi connectivity index (χ2n) is 5.34. The van der Waals surface area contributed by atoms with Gasteiger partial charge in [0.1, 0.15) is 11.0 Å². The van der Waals surface area contributed by atoms with Crippen LogP contribution in [0.3, 0.4) is 0 Å². The minimum Gasteiger partial charge on any atom is -0.244 e. The molecule has 0 saturated carbocycles. The van der Waals surface area contributed by atoms with E-state index < -0.39 is 0 Å². The molecule has 0 fully saturated rings. The molecular weight excluding hydrogens is 284 g/mol. The first kappa shape index (κ1) is 13.5. The minimum atomic E-state index is 0.700. The van der Waals surface area contributed by atoms with Crippen LogP contribution in [0, 0.1) is 0 Å². The van der Waals surface area contributed by atoms with Gasteiger partial charge in [0.2, 0.25) is 0 Å². The van der Waals surface area contributed by atoms with E-state index in [1.54, 1.807) is 4.91 Å². The molecule has 0 aliphatic heterocycles. The van der Waals surface area contributed by atoms with Gasteiger partial charge in [0.05, 0.1) is 12.2 Å². The molecule has 0 N–H and O–H groups in total. The molecule has 0 amide bonds. The minimum absolute atomic E-state index is 0.700. The fraction of sp³-hybridized carbons (Fsp3) is 0.0526. The van der Waals surface area contributed by atoms with E-state index in [0.29, 0.717) is 6.54 Å². The Labute approximate surface area is 134 Å². The lowest BCUT2D eigenvalue weighted by atomic mass is 10.2. The molecule has 4 aromatic rings. The summed E-state index contributed by atoms with van der Waals surface area (Å²) in [7, 11) is 0. The molecule has 4 nitrogen and oxygen atoms in total.